The summed E-state index contributed by atoms with van der Waals surface area (Å²) in [6.45, 7) is 4.22. The molecule has 44 heavy (non-hydrogen) atoms. The van der Waals surface area contributed by atoms with Gasteiger partial charge in [0.1, 0.15) is 17.0 Å². The molecule has 0 aliphatic heterocycles. The molecule has 0 N–H and O–H groups in total. The number of benzene rings is 6. The number of fused-ring (bicyclic) bond motifs is 4. The molecule has 4 heteroatoms. The highest BCUT2D eigenvalue weighted by Crippen LogP contribution is 2.39. The SMILES string of the molecule is CC(C)c1nc(-c2ccccc2)nc(-c2cccc3oc4ccc(-c5cccc(-c6cccc7ccccc67)c5)cc4c23)n1. The van der Waals surface area contributed by atoms with Gasteiger partial charge in [0.2, 0.25) is 0 Å². The lowest BCUT2D eigenvalue weighted by Crippen LogP contribution is -2.04. The van der Waals surface area contributed by atoms with Gasteiger partial charge >= 0.3 is 0 Å². The van der Waals surface area contributed by atoms with E-state index in [1.165, 1.54) is 21.9 Å². The third-order valence-corrected chi connectivity index (χ3v) is 8.23. The third-order valence-electron chi connectivity index (χ3n) is 8.23. The first-order valence-electron chi connectivity index (χ1n) is 15.0. The average Bonchev–Trinajstić information content (AvgIpc) is 3.46. The van der Waals surface area contributed by atoms with Gasteiger partial charge in [-0.15, -0.1) is 0 Å². The molecule has 210 valence electrons. The molecule has 0 saturated carbocycles. The highest BCUT2D eigenvalue weighted by atomic mass is 16.3. The standard InChI is InChI=1S/C40H29N3O/c1-25(2)38-41-39(27-12-4-3-5-13-27)43-40(42-38)33-19-10-20-36-37(33)34-24-29(21-22-35(34)44-36)28-15-8-16-30(23-28)32-18-9-14-26-11-6-7-17-31(26)32/h3-25H,1-2H3. The first kappa shape index (κ1) is 26.1. The van der Waals surface area contributed by atoms with Crippen molar-refractivity contribution in [2.24, 2.45) is 0 Å². The molecule has 2 aromatic heterocycles. The highest BCUT2D eigenvalue weighted by molar-refractivity contribution is 6.12. The summed E-state index contributed by atoms with van der Waals surface area (Å²) in [6, 6.07) is 46.5. The number of aromatic nitrogens is 3. The molecule has 8 aromatic rings. The van der Waals surface area contributed by atoms with Crippen molar-refractivity contribution in [3.63, 3.8) is 0 Å². The summed E-state index contributed by atoms with van der Waals surface area (Å²) in [5.74, 6) is 2.25. The lowest BCUT2D eigenvalue weighted by atomic mass is 9.94. The minimum absolute atomic E-state index is 0.153. The predicted molar refractivity (Wildman–Crippen MR) is 180 cm³/mol. The van der Waals surface area contributed by atoms with Gasteiger partial charge in [-0.3, -0.25) is 0 Å². The zero-order valence-electron chi connectivity index (χ0n) is 24.5. The van der Waals surface area contributed by atoms with Gasteiger partial charge in [0, 0.05) is 27.8 Å². The van der Waals surface area contributed by atoms with E-state index in [0.717, 1.165) is 50.0 Å². The van der Waals surface area contributed by atoms with Crippen molar-refractivity contribution in [3.8, 4) is 45.0 Å². The fourth-order valence-corrected chi connectivity index (χ4v) is 6.02. The van der Waals surface area contributed by atoms with E-state index in [-0.39, 0.29) is 5.92 Å². The molecule has 0 bridgehead atoms. The quantitative estimate of drug-likeness (QED) is 0.208. The van der Waals surface area contributed by atoms with Gasteiger partial charge in [-0.1, -0.05) is 123 Å². The Morgan fingerprint density at radius 2 is 1.16 bits per heavy atom. The molecule has 0 amide bonds. The number of hydrogen-bond donors (Lipinski definition) is 0. The maximum absolute atomic E-state index is 6.37. The molecule has 6 aromatic carbocycles. The first-order chi connectivity index (χ1) is 21.6. The Hall–Kier alpha value is -5.61. The van der Waals surface area contributed by atoms with Gasteiger partial charge in [0.15, 0.2) is 11.6 Å². The van der Waals surface area contributed by atoms with E-state index in [1.54, 1.807) is 0 Å². The maximum Gasteiger partial charge on any atom is 0.164 e. The molecule has 0 atom stereocenters. The van der Waals surface area contributed by atoms with Gasteiger partial charge in [0.25, 0.3) is 0 Å². The van der Waals surface area contributed by atoms with Gasteiger partial charge in [-0.05, 0) is 57.3 Å². The summed E-state index contributed by atoms with van der Waals surface area (Å²) in [5, 5.41) is 4.54. The zero-order valence-corrected chi connectivity index (χ0v) is 24.5. The molecule has 0 aliphatic rings. The lowest BCUT2D eigenvalue weighted by molar-refractivity contribution is 0.669. The second kappa shape index (κ2) is 10.6. The largest absolute Gasteiger partial charge is 0.456 e. The van der Waals surface area contributed by atoms with Crippen LogP contribution in [-0.4, -0.2) is 15.0 Å². The van der Waals surface area contributed by atoms with Gasteiger partial charge in [-0.25, -0.2) is 15.0 Å². The molecule has 0 spiro atoms. The van der Waals surface area contributed by atoms with E-state index in [2.05, 4.69) is 105 Å². The minimum atomic E-state index is 0.153. The van der Waals surface area contributed by atoms with Crippen LogP contribution in [0.15, 0.2) is 138 Å². The van der Waals surface area contributed by atoms with Crippen LogP contribution >= 0.6 is 0 Å². The van der Waals surface area contributed by atoms with Crippen molar-refractivity contribution in [2.75, 3.05) is 0 Å². The molecule has 2 heterocycles. The summed E-state index contributed by atoms with van der Waals surface area (Å²) in [6.07, 6.45) is 0. The average molecular weight is 568 g/mol. The molecule has 0 saturated heterocycles. The van der Waals surface area contributed by atoms with Crippen molar-refractivity contribution >= 4 is 32.7 Å². The van der Waals surface area contributed by atoms with Crippen LogP contribution in [0.1, 0.15) is 25.6 Å². The van der Waals surface area contributed by atoms with Crippen LogP contribution in [0.5, 0.6) is 0 Å². The Morgan fingerprint density at radius 3 is 2.05 bits per heavy atom. The number of hydrogen-bond acceptors (Lipinski definition) is 4. The molecule has 0 unspecified atom stereocenters. The zero-order chi connectivity index (χ0) is 29.6. The summed E-state index contributed by atoms with van der Waals surface area (Å²) in [5.41, 5.74) is 8.25. The molecule has 0 aliphatic carbocycles. The Bertz CT molecular complexity index is 2310. The Labute approximate surface area is 255 Å². The second-order valence-corrected chi connectivity index (χ2v) is 11.5. The van der Waals surface area contributed by atoms with Crippen molar-refractivity contribution in [1.29, 1.82) is 0 Å². The van der Waals surface area contributed by atoms with E-state index in [4.69, 9.17) is 19.4 Å². The first-order valence-corrected chi connectivity index (χ1v) is 15.0. The van der Waals surface area contributed by atoms with Crippen LogP contribution < -0.4 is 0 Å². The number of furan rings is 1. The number of nitrogens with zero attached hydrogens (tertiary/aromatic N) is 3. The summed E-state index contributed by atoms with van der Waals surface area (Å²) in [7, 11) is 0. The smallest absolute Gasteiger partial charge is 0.164 e. The highest BCUT2D eigenvalue weighted by Gasteiger charge is 2.18. The monoisotopic (exact) mass is 567 g/mol. The summed E-state index contributed by atoms with van der Waals surface area (Å²) < 4.78 is 6.37. The Balaban J connectivity index is 1.29. The molecule has 8 rings (SSSR count). The topological polar surface area (TPSA) is 51.8 Å². The lowest BCUT2D eigenvalue weighted by Gasteiger charge is -2.11. The van der Waals surface area contributed by atoms with Crippen LogP contribution in [0, 0.1) is 0 Å². The second-order valence-electron chi connectivity index (χ2n) is 11.5. The third kappa shape index (κ3) is 4.52. The van der Waals surface area contributed by atoms with Crippen LogP contribution in [-0.2, 0) is 0 Å². The van der Waals surface area contributed by atoms with E-state index in [9.17, 15) is 0 Å². The van der Waals surface area contributed by atoms with Crippen LogP contribution in [0.25, 0.3) is 77.7 Å². The van der Waals surface area contributed by atoms with Crippen molar-refractivity contribution < 1.29 is 4.42 Å². The van der Waals surface area contributed by atoms with Crippen LogP contribution in [0.3, 0.4) is 0 Å². The van der Waals surface area contributed by atoms with E-state index < -0.39 is 0 Å². The van der Waals surface area contributed by atoms with Crippen molar-refractivity contribution in [1.82, 2.24) is 15.0 Å². The fraction of sp³-hybridized carbons (Fsp3) is 0.0750. The minimum Gasteiger partial charge on any atom is -0.456 e. The Morgan fingerprint density at radius 1 is 0.477 bits per heavy atom. The molecular formula is C40H29N3O. The Kier molecular flexibility index (Phi) is 6.27. The fourth-order valence-electron chi connectivity index (χ4n) is 6.02. The molecule has 0 fully saturated rings. The van der Waals surface area contributed by atoms with Crippen molar-refractivity contribution in [3.05, 3.63) is 139 Å². The molecule has 4 nitrogen and oxygen atoms in total. The maximum atomic E-state index is 6.37. The number of rotatable bonds is 5. The van der Waals surface area contributed by atoms with Crippen LogP contribution in [0.2, 0.25) is 0 Å². The van der Waals surface area contributed by atoms with Gasteiger partial charge in [0.05, 0.1) is 0 Å². The van der Waals surface area contributed by atoms with E-state index >= 15 is 0 Å². The van der Waals surface area contributed by atoms with E-state index in [1.807, 2.05) is 42.5 Å². The van der Waals surface area contributed by atoms with Crippen molar-refractivity contribution in [2.45, 2.75) is 19.8 Å². The molecule has 0 radical (unpaired) electrons. The predicted octanol–water partition coefficient (Wildman–Crippen LogP) is 10.7. The van der Waals surface area contributed by atoms with Crippen LogP contribution in [0.4, 0.5) is 0 Å². The summed E-state index contributed by atoms with van der Waals surface area (Å²) >= 11 is 0. The normalized spacial score (nSPS) is 11.6. The van der Waals surface area contributed by atoms with Gasteiger partial charge in [-0.2, -0.15) is 0 Å². The molecular weight excluding hydrogens is 538 g/mol. The van der Waals surface area contributed by atoms with E-state index in [0.29, 0.717) is 11.6 Å². The van der Waals surface area contributed by atoms with Gasteiger partial charge < -0.3 is 4.42 Å². The summed E-state index contributed by atoms with van der Waals surface area (Å²) in [4.78, 5) is 14.8.